The molecular weight excluding hydrogens is 274 g/mol. The lowest BCUT2D eigenvalue weighted by Crippen LogP contribution is -2.17. The van der Waals surface area contributed by atoms with Crippen LogP contribution in [-0.2, 0) is 4.79 Å². The first-order valence-electron chi connectivity index (χ1n) is 4.82. The van der Waals surface area contributed by atoms with E-state index in [-0.39, 0.29) is 5.91 Å². The van der Waals surface area contributed by atoms with Gasteiger partial charge >= 0.3 is 0 Å². The number of allylic oxidation sites excluding steroid dienone is 2. The fraction of sp³-hybridized carbons (Fsp3) is 0. The quantitative estimate of drug-likeness (QED) is 0.666. The molecule has 0 radical (unpaired) electrons. The summed E-state index contributed by atoms with van der Waals surface area (Å²) in [6, 6.07) is 7.45. The topological polar surface area (TPSA) is 29.1 Å². The molecule has 0 aliphatic carbocycles. The average Bonchev–Trinajstić information content (AvgIpc) is 2.60. The van der Waals surface area contributed by atoms with E-state index in [0.717, 1.165) is 5.56 Å². The molecule has 1 aliphatic heterocycles. The minimum Gasteiger partial charge on any atom is -0.307 e. The molecule has 86 valence electrons. The summed E-state index contributed by atoms with van der Waals surface area (Å²) in [5.74, 6) is -0.138. The summed E-state index contributed by atoms with van der Waals surface area (Å²) >= 11 is 11.9. The molecule has 1 heterocycles. The molecular formula is C12H8ClNOS2. The van der Waals surface area contributed by atoms with Gasteiger partial charge in [0.05, 0.1) is 4.91 Å². The normalized spacial score (nSPS) is 18.1. The smallest absolute Gasteiger partial charge is 0.263 e. The van der Waals surface area contributed by atoms with Gasteiger partial charge in [-0.05, 0) is 23.8 Å². The summed E-state index contributed by atoms with van der Waals surface area (Å²) in [5.41, 5.74) is 1.03. The summed E-state index contributed by atoms with van der Waals surface area (Å²) in [6.07, 6.45) is 5.46. The Bertz CT molecular complexity index is 520. The maximum absolute atomic E-state index is 11.3. The van der Waals surface area contributed by atoms with Crippen LogP contribution in [0.25, 0.3) is 6.08 Å². The Morgan fingerprint density at radius 3 is 2.59 bits per heavy atom. The zero-order valence-corrected chi connectivity index (χ0v) is 11.0. The van der Waals surface area contributed by atoms with E-state index in [1.165, 1.54) is 11.8 Å². The molecule has 1 fully saturated rings. The first kappa shape index (κ1) is 12.4. The zero-order valence-electron chi connectivity index (χ0n) is 8.64. The van der Waals surface area contributed by atoms with Crippen molar-refractivity contribution in [1.29, 1.82) is 0 Å². The highest BCUT2D eigenvalue weighted by Crippen LogP contribution is 2.23. The van der Waals surface area contributed by atoms with Crippen molar-refractivity contribution in [3.8, 4) is 0 Å². The highest BCUT2D eigenvalue weighted by molar-refractivity contribution is 8.26. The monoisotopic (exact) mass is 281 g/mol. The molecule has 0 spiro atoms. The van der Waals surface area contributed by atoms with Crippen molar-refractivity contribution in [2.24, 2.45) is 0 Å². The summed E-state index contributed by atoms with van der Waals surface area (Å²) in [7, 11) is 0. The maximum atomic E-state index is 11.3. The molecule has 1 aliphatic rings. The number of thiocarbonyl (C=S) groups is 1. The van der Waals surface area contributed by atoms with Gasteiger partial charge in [0.2, 0.25) is 0 Å². The van der Waals surface area contributed by atoms with Crippen LogP contribution in [0.15, 0.2) is 41.3 Å². The molecule has 1 aromatic rings. The highest BCUT2D eigenvalue weighted by Gasteiger charge is 2.20. The lowest BCUT2D eigenvalue weighted by Gasteiger charge is -1.92. The predicted octanol–water partition coefficient (Wildman–Crippen LogP) is 3.39. The van der Waals surface area contributed by atoms with Crippen LogP contribution in [0.1, 0.15) is 5.56 Å². The van der Waals surface area contributed by atoms with Crippen LogP contribution in [0.2, 0.25) is 5.02 Å². The molecule has 1 N–H and O–H groups in total. The van der Waals surface area contributed by atoms with Gasteiger partial charge in [0.15, 0.2) is 0 Å². The molecule has 0 saturated carbocycles. The molecule has 0 atom stereocenters. The summed E-state index contributed by atoms with van der Waals surface area (Å²) in [4.78, 5) is 11.9. The van der Waals surface area contributed by atoms with Crippen molar-refractivity contribution >= 4 is 51.9 Å². The van der Waals surface area contributed by atoms with Crippen LogP contribution < -0.4 is 5.32 Å². The number of carbonyl (C=O) groups excluding carboxylic acids is 1. The number of rotatable bonds is 2. The van der Waals surface area contributed by atoms with E-state index >= 15 is 0 Å². The van der Waals surface area contributed by atoms with Crippen LogP contribution in [0.4, 0.5) is 0 Å². The highest BCUT2D eigenvalue weighted by atomic mass is 35.5. The Balaban J connectivity index is 2.07. The van der Waals surface area contributed by atoms with E-state index in [1.807, 2.05) is 36.4 Å². The van der Waals surface area contributed by atoms with Crippen LogP contribution in [0, 0.1) is 0 Å². The molecule has 1 aromatic carbocycles. The SMILES string of the molecule is O=C1NC(=S)SC1=CC=Cc1ccc(Cl)cc1. The Morgan fingerprint density at radius 1 is 1.29 bits per heavy atom. The Hall–Kier alpha value is -1.10. The summed E-state index contributed by atoms with van der Waals surface area (Å²) in [5, 5.41) is 3.26. The van der Waals surface area contributed by atoms with Crippen LogP contribution in [0.5, 0.6) is 0 Å². The van der Waals surface area contributed by atoms with E-state index < -0.39 is 0 Å². The minimum atomic E-state index is -0.138. The maximum Gasteiger partial charge on any atom is 0.263 e. The van der Waals surface area contributed by atoms with E-state index in [1.54, 1.807) is 6.08 Å². The second-order valence-electron chi connectivity index (χ2n) is 3.29. The first-order valence-corrected chi connectivity index (χ1v) is 6.42. The summed E-state index contributed by atoms with van der Waals surface area (Å²) in [6.45, 7) is 0. The van der Waals surface area contributed by atoms with Gasteiger partial charge in [0.1, 0.15) is 4.32 Å². The van der Waals surface area contributed by atoms with Gasteiger partial charge in [-0.3, -0.25) is 4.79 Å². The lowest BCUT2D eigenvalue weighted by molar-refractivity contribution is -0.115. The van der Waals surface area contributed by atoms with E-state index in [2.05, 4.69) is 5.32 Å². The van der Waals surface area contributed by atoms with Crippen molar-refractivity contribution in [2.45, 2.75) is 0 Å². The lowest BCUT2D eigenvalue weighted by atomic mass is 10.2. The molecule has 0 aromatic heterocycles. The number of amides is 1. The van der Waals surface area contributed by atoms with Gasteiger partial charge in [0.25, 0.3) is 5.91 Å². The third-order valence-electron chi connectivity index (χ3n) is 2.05. The van der Waals surface area contributed by atoms with E-state index in [4.69, 9.17) is 23.8 Å². The second kappa shape index (κ2) is 5.49. The van der Waals surface area contributed by atoms with Gasteiger partial charge in [0, 0.05) is 5.02 Å². The van der Waals surface area contributed by atoms with Crippen molar-refractivity contribution in [2.75, 3.05) is 0 Å². The fourth-order valence-electron chi connectivity index (χ4n) is 1.26. The molecule has 1 amide bonds. The molecule has 17 heavy (non-hydrogen) atoms. The number of hydrogen-bond acceptors (Lipinski definition) is 3. The van der Waals surface area contributed by atoms with Gasteiger partial charge in [-0.15, -0.1) is 0 Å². The molecule has 0 unspecified atom stereocenters. The van der Waals surface area contributed by atoms with E-state index in [9.17, 15) is 4.79 Å². The van der Waals surface area contributed by atoms with Crippen molar-refractivity contribution in [1.82, 2.24) is 5.32 Å². The van der Waals surface area contributed by atoms with Crippen molar-refractivity contribution in [3.63, 3.8) is 0 Å². The largest absolute Gasteiger partial charge is 0.307 e. The first-order chi connectivity index (χ1) is 8.15. The molecule has 2 nitrogen and oxygen atoms in total. The van der Waals surface area contributed by atoms with E-state index in [0.29, 0.717) is 14.2 Å². The minimum absolute atomic E-state index is 0.138. The number of thioether (sulfide) groups is 1. The van der Waals surface area contributed by atoms with Gasteiger partial charge in [-0.25, -0.2) is 0 Å². The average molecular weight is 282 g/mol. The predicted molar refractivity (Wildman–Crippen MR) is 76.9 cm³/mol. The second-order valence-corrected chi connectivity index (χ2v) is 5.44. The number of hydrogen-bond donors (Lipinski definition) is 1. The zero-order chi connectivity index (χ0) is 12.3. The van der Waals surface area contributed by atoms with Crippen molar-refractivity contribution < 1.29 is 4.79 Å². The van der Waals surface area contributed by atoms with Gasteiger partial charge in [-0.2, -0.15) is 0 Å². The fourth-order valence-corrected chi connectivity index (χ4v) is 2.38. The van der Waals surface area contributed by atoms with Crippen LogP contribution >= 0.6 is 35.6 Å². The third-order valence-corrected chi connectivity index (χ3v) is 3.48. The Labute approximate surface area is 114 Å². The molecule has 0 bridgehead atoms. The number of carbonyl (C=O) groups is 1. The number of nitrogens with one attached hydrogen (secondary N) is 1. The Morgan fingerprint density at radius 2 is 2.00 bits per heavy atom. The molecule has 1 saturated heterocycles. The standard InChI is InChI=1S/C12H8ClNOS2/c13-9-6-4-8(5-7-9)2-1-3-10-11(15)14-12(16)17-10/h1-7H,(H,14,15,16). The van der Waals surface area contributed by atoms with Gasteiger partial charge in [-0.1, -0.05) is 59.9 Å². The number of benzene rings is 1. The molecule has 2 rings (SSSR count). The Kier molecular flexibility index (Phi) is 3.99. The van der Waals surface area contributed by atoms with Crippen LogP contribution in [-0.4, -0.2) is 10.2 Å². The van der Waals surface area contributed by atoms with Crippen LogP contribution in [0.3, 0.4) is 0 Å². The third kappa shape index (κ3) is 3.43. The van der Waals surface area contributed by atoms with Gasteiger partial charge < -0.3 is 5.32 Å². The summed E-state index contributed by atoms with van der Waals surface area (Å²) < 4.78 is 0.501. The number of halogens is 1. The molecule has 5 heteroatoms. The van der Waals surface area contributed by atoms with Crippen molar-refractivity contribution in [3.05, 3.63) is 51.9 Å².